The van der Waals surface area contributed by atoms with Gasteiger partial charge < -0.3 is 0 Å². The molecule has 0 saturated heterocycles. The summed E-state index contributed by atoms with van der Waals surface area (Å²) in [6.45, 7) is 1.91. The van der Waals surface area contributed by atoms with Gasteiger partial charge in [-0.1, -0.05) is 17.7 Å². The minimum absolute atomic E-state index is 0.245. The van der Waals surface area contributed by atoms with Gasteiger partial charge in [0.25, 0.3) is 10.0 Å². The highest BCUT2D eigenvalue weighted by Gasteiger charge is 2.13. The van der Waals surface area contributed by atoms with E-state index >= 15 is 0 Å². The zero-order valence-corrected chi connectivity index (χ0v) is 12.8. The summed E-state index contributed by atoms with van der Waals surface area (Å²) in [6, 6.07) is 15.6. The predicted octanol–water partition coefficient (Wildman–Crippen LogP) is 2.98. The Kier molecular flexibility index (Phi) is 3.68. The van der Waals surface area contributed by atoms with E-state index in [0.717, 1.165) is 11.3 Å². The first-order valence-electron chi connectivity index (χ1n) is 6.74. The summed E-state index contributed by atoms with van der Waals surface area (Å²) >= 11 is 0. The number of hydrogen-bond donors (Lipinski definition) is 1. The van der Waals surface area contributed by atoms with Crippen molar-refractivity contribution in [3.05, 3.63) is 72.6 Å². The average molecular weight is 313 g/mol. The maximum Gasteiger partial charge on any atom is 0.261 e. The molecule has 1 N–H and O–H groups in total. The predicted molar refractivity (Wildman–Crippen MR) is 85.6 cm³/mol. The second-order valence-corrected chi connectivity index (χ2v) is 6.60. The average Bonchev–Trinajstić information content (AvgIpc) is 3.02. The Morgan fingerprint density at radius 3 is 2.27 bits per heavy atom. The van der Waals surface area contributed by atoms with Crippen LogP contribution in [-0.2, 0) is 10.0 Å². The first-order valence-corrected chi connectivity index (χ1v) is 8.22. The Morgan fingerprint density at radius 2 is 1.68 bits per heavy atom. The first-order chi connectivity index (χ1) is 10.5. The Balaban J connectivity index is 1.82. The van der Waals surface area contributed by atoms with Gasteiger partial charge in [0.1, 0.15) is 0 Å². The minimum atomic E-state index is -3.57. The summed E-state index contributed by atoms with van der Waals surface area (Å²) in [4.78, 5) is 0.245. The molecule has 0 radical (unpaired) electrons. The minimum Gasteiger partial charge on any atom is -0.280 e. The second kappa shape index (κ2) is 5.65. The summed E-state index contributed by atoms with van der Waals surface area (Å²) in [5.41, 5.74) is 2.39. The van der Waals surface area contributed by atoms with Gasteiger partial charge in [0.05, 0.1) is 10.6 Å². The summed E-state index contributed by atoms with van der Waals surface area (Å²) in [5.74, 6) is 0. The lowest BCUT2D eigenvalue weighted by molar-refractivity contribution is 0.601. The van der Waals surface area contributed by atoms with Crippen LogP contribution in [0, 0.1) is 6.92 Å². The number of hydrogen-bond acceptors (Lipinski definition) is 3. The van der Waals surface area contributed by atoms with E-state index in [1.54, 1.807) is 59.4 Å². The zero-order chi connectivity index (χ0) is 15.6. The van der Waals surface area contributed by atoms with E-state index < -0.39 is 10.0 Å². The molecule has 112 valence electrons. The number of aromatic nitrogens is 2. The summed E-state index contributed by atoms with van der Waals surface area (Å²) < 4.78 is 28.9. The van der Waals surface area contributed by atoms with Gasteiger partial charge in [-0.05, 0) is 49.4 Å². The van der Waals surface area contributed by atoms with Crippen molar-refractivity contribution >= 4 is 15.7 Å². The monoisotopic (exact) mass is 313 g/mol. The quantitative estimate of drug-likeness (QED) is 0.805. The largest absolute Gasteiger partial charge is 0.280 e. The third kappa shape index (κ3) is 3.01. The Bertz CT molecular complexity index is 853. The fourth-order valence-electron chi connectivity index (χ4n) is 2.04. The molecule has 2 aromatic carbocycles. The molecule has 6 heteroatoms. The Labute approximate surface area is 129 Å². The van der Waals surface area contributed by atoms with Crippen LogP contribution in [0.15, 0.2) is 71.9 Å². The lowest BCUT2D eigenvalue weighted by Crippen LogP contribution is -2.12. The number of aryl methyl sites for hydroxylation is 1. The number of anilines is 1. The zero-order valence-electron chi connectivity index (χ0n) is 12.0. The summed E-state index contributed by atoms with van der Waals surface area (Å²) in [6.07, 6.45) is 3.51. The van der Waals surface area contributed by atoms with Crippen LogP contribution in [0.5, 0.6) is 0 Å². The van der Waals surface area contributed by atoms with E-state index in [2.05, 4.69) is 9.82 Å². The van der Waals surface area contributed by atoms with Crippen LogP contribution in [0.1, 0.15) is 5.56 Å². The molecule has 0 aliphatic heterocycles. The third-order valence-corrected chi connectivity index (χ3v) is 4.62. The van der Waals surface area contributed by atoms with Crippen molar-refractivity contribution in [2.24, 2.45) is 0 Å². The van der Waals surface area contributed by atoms with Gasteiger partial charge in [-0.2, -0.15) is 5.10 Å². The van der Waals surface area contributed by atoms with Crippen molar-refractivity contribution in [3.63, 3.8) is 0 Å². The van der Waals surface area contributed by atoms with Crippen LogP contribution >= 0.6 is 0 Å². The van der Waals surface area contributed by atoms with Gasteiger partial charge in [-0.3, -0.25) is 4.72 Å². The SMILES string of the molecule is Cc1ccc(S(=O)(=O)Nc2ccc(-n3cccn3)cc2)cc1. The van der Waals surface area contributed by atoms with Crippen LogP contribution in [-0.4, -0.2) is 18.2 Å². The maximum absolute atomic E-state index is 12.3. The highest BCUT2D eigenvalue weighted by atomic mass is 32.2. The van der Waals surface area contributed by atoms with Crippen LogP contribution in [0.3, 0.4) is 0 Å². The molecule has 22 heavy (non-hydrogen) atoms. The molecular formula is C16H15N3O2S. The number of rotatable bonds is 4. The normalized spacial score (nSPS) is 11.3. The number of nitrogens with one attached hydrogen (secondary N) is 1. The lowest BCUT2D eigenvalue weighted by Gasteiger charge is -2.09. The van der Waals surface area contributed by atoms with Gasteiger partial charge in [-0.25, -0.2) is 13.1 Å². The molecule has 0 bridgehead atoms. The first kappa shape index (κ1) is 14.3. The van der Waals surface area contributed by atoms with Crippen LogP contribution in [0.2, 0.25) is 0 Å². The molecule has 0 aliphatic carbocycles. The highest BCUT2D eigenvalue weighted by Crippen LogP contribution is 2.18. The summed E-state index contributed by atoms with van der Waals surface area (Å²) in [5, 5.41) is 4.12. The van der Waals surface area contributed by atoms with Crippen molar-refractivity contribution in [1.29, 1.82) is 0 Å². The van der Waals surface area contributed by atoms with Crippen molar-refractivity contribution in [2.75, 3.05) is 4.72 Å². The van der Waals surface area contributed by atoms with E-state index in [9.17, 15) is 8.42 Å². The fraction of sp³-hybridized carbons (Fsp3) is 0.0625. The van der Waals surface area contributed by atoms with E-state index in [0.29, 0.717) is 5.69 Å². The lowest BCUT2D eigenvalue weighted by atomic mass is 10.2. The topological polar surface area (TPSA) is 64.0 Å². The van der Waals surface area contributed by atoms with Crippen LogP contribution in [0.4, 0.5) is 5.69 Å². The van der Waals surface area contributed by atoms with Gasteiger partial charge >= 0.3 is 0 Å². The molecule has 3 aromatic rings. The van der Waals surface area contributed by atoms with Gasteiger partial charge in [-0.15, -0.1) is 0 Å². The van der Waals surface area contributed by atoms with Crippen LogP contribution < -0.4 is 4.72 Å². The molecule has 0 unspecified atom stereocenters. The van der Waals surface area contributed by atoms with E-state index in [1.807, 2.05) is 19.2 Å². The molecule has 0 fully saturated rings. The second-order valence-electron chi connectivity index (χ2n) is 4.92. The van der Waals surface area contributed by atoms with Crippen molar-refractivity contribution in [2.45, 2.75) is 11.8 Å². The van der Waals surface area contributed by atoms with Gasteiger partial charge in [0.15, 0.2) is 0 Å². The number of sulfonamides is 1. The van der Waals surface area contributed by atoms with Crippen molar-refractivity contribution < 1.29 is 8.42 Å². The third-order valence-electron chi connectivity index (χ3n) is 3.22. The molecule has 3 rings (SSSR count). The highest BCUT2D eigenvalue weighted by molar-refractivity contribution is 7.92. The van der Waals surface area contributed by atoms with Crippen LogP contribution in [0.25, 0.3) is 5.69 Å². The van der Waals surface area contributed by atoms with Crippen molar-refractivity contribution in [1.82, 2.24) is 9.78 Å². The Morgan fingerprint density at radius 1 is 1.00 bits per heavy atom. The van der Waals surface area contributed by atoms with E-state index in [4.69, 9.17) is 0 Å². The smallest absolute Gasteiger partial charge is 0.261 e. The molecule has 0 spiro atoms. The number of benzene rings is 2. The molecular weight excluding hydrogens is 298 g/mol. The maximum atomic E-state index is 12.3. The fourth-order valence-corrected chi connectivity index (χ4v) is 3.09. The van der Waals surface area contributed by atoms with Gasteiger partial charge in [0.2, 0.25) is 0 Å². The molecule has 0 aliphatic rings. The molecule has 0 saturated carbocycles. The van der Waals surface area contributed by atoms with Crippen molar-refractivity contribution in [3.8, 4) is 5.69 Å². The standard InChI is InChI=1S/C16H15N3O2S/c1-13-3-9-16(10-4-13)22(20,21)18-14-5-7-15(8-6-14)19-12-2-11-17-19/h2-12,18H,1H3. The van der Waals surface area contributed by atoms with Gasteiger partial charge in [0, 0.05) is 18.1 Å². The molecule has 5 nitrogen and oxygen atoms in total. The molecule has 0 atom stereocenters. The number of nitrogens with zero attached hydrogens (tertiary/aromatic N) is 2. The Hall–Kier alpha value is -2.60. The van der Waals surface area contributed by atoms with E-state index in [1.165, 1.54) is 0 Å². The molecule has 0 amide bonds. The molecule has 1 aromatic heterocycles. The van der Waals surface area contributed by atoms with E-state index in [-0.39, 0.29) is 4.90 Å². The summed E-state index contributed by atoms with van der Waals surface area (Å²) in [7, 11) is -3.57. The molecule has 1 heterocycles.